The minimum atomic E-state index is -0.203. The molecule has 114 valence electrons. The van der Waals surface area contributed by atoms with Gasteiger partial charge >= 0.3 is 0 Å². The fourth-order valence-electron chi connectivity index (χ4n) is 2.32. The first-order valence-corrected chi connectivity index (χ1v) is 7.19. The monoisotopic (exact) mass is 298 g/mol. The highest BCUT2D eigenvalue weighted by molar-refractivity contribution is 6.03. The van der Waals surface area contributed by atoms with Gasteiger partial charge in [-0.1, -0.05) is 0 Å². The van der Waals surface area contributed by atoms with E-state index in [0.29, 0.717) is 11.4 Å². The average Bonchev–Trinajstić information content (AvgIpc) is 2.56. The molecule has 1 aliphatic heterocycles. The van der Waals surface area contributed by atoms with Crippen molar-refractivity contribution in [2.24, 2.45) is 0 Å². The van der Waals surface area contributed by atoms with Gasteiger partial charge in [0.2, 0.25) is 0 Å². The summed E-state index contributed by atoms with van der Waals surface area (Å²) in [6.45, 7) is 3.85. The SMILES string of the molecule is CN1CCN(c2cc(NC(=O)c3ccncc3)ncn2)CC1. The maximum atomic E-state index is 12.1. The van der Waals surface area contributed by atoms with E-state index >= 15 is 0 Å². The molecule has 3 rings (SSSR count). The minimum Gasteiger partial charge on any atom is -0.354 e. The number of pyridine rings is 1. The highest BCUT2D eigenvalue weighted by atomic mass is 16.1. The molecule has 0 aromatic carbocycles. The Morgan fingerprint density at radius 3 is 2.59 bits per heavy atom. The van der Waals surface area contributed by atoms with Crippen LogP contribution in [0, 0.1) is 0 Å². The predicted molar refractivity (Wildman–Crippen MR) is 83.9 cm³/mol. The Labute approximate surface area is 129 Å². The summed E-state index contributed by atoms with van der Waals surface area (Å²) in [6.07, 6.45) is 4.66. The topological polar surface area (TPSA) is 74.2 Å². The number of nitrogens with one attached hydrogen (secondary N) is 1. The average molecular weight is 298 g/mol. The summed E-state index contributed by atoms with van der Waals surface area (Å²) in [4.78, 5) is 28.9. The van der Waals surface area contributed by atoms with Gasteiger partial charge in [0.25, 0.3) is 5.91 Å². The van der Waals surface area contributed by atoms with Crippen molar-refractivity contribution in [2.45, 2.75) is 0 Å². The molecule has 7 nitrogen and oxygen atoms in total. The van der Waals surface area contributed by atoms with E-state index in [2.05, 4.69) is 37.1 Å². The van der Waals surface area contributed by atoms with Crippen LogP contribution in [0.3, 0.4) is 0 Å². The van der Waals surface area contributed by atoms with Gasteiger partial charge in [0.1, 0.15) is 18.0 Å². The summed E-state index contributed by atoms with van der Waals surface area (Å²) in [7, 11) is 2.11. The maximum absolute atomic E-state index is 12.1. The van der Waals surface area contributed by atoms with Crippen LogP contribution in [0.25, 0.3) is 0 Å². The van der Waals surface area contributed by atoms with Crippen LogP contribution in [0.5, 0.6) is 0 Å². The molecule has 1 amide bonds. The van der Waals surface area contributed by atoms with Gasteiger partial charge in [-0.15, -0.1) is 0 Å². The van der Waals surface area contributed by atoms with Gasteiger partial charge < -0.3 is 15.1 Å². The van der Waals surface area contributed by atoms with Gasteiger partial charge in [-0.05, 0) is 19.2 Å². The molecule has 2 aromatic rings. The van der Waals surface area contributed by atoms with Crippen molar-refractivity contribution in [1.82, 2.24) is 19.9 Å². The number of nitrogens with zero attached hydrogens (tertiary/aromatic N) is 5. The molecular formula is C15H18N6O. The zero-order valence-electron chi connectivity index (χ0n) is 12.4. The van der Waals surface area contributed by atoms with E-state index in [1.807, 2.05) is 6.07 Å². The summed E-state index contributed by atoms with van der Waals surface area (Å²) in [5.41, 5.74) is 0.551. The minimum absolute atomic E-state index is 0.203. The third kappa shape index (κ3) is 3.37. The molecule has 0 atom stereocenters. The number of hydrogen-bond acceptors (Lipinski definition) is 6. The molecule has 7 heteroatoms. The molecule has 0 aliphatic carbocycles. The van der Waals surface area contributed by atoms with Crippen molar-refractivity contribution < 1.29 is 4.79 Å². The lowest BCUT2D eigenvalue weighted by atomic mass is 10.2. The summed E-state index contributed by atoms with van der Waals surface area (Å²) in [6, 6.07) is 5.14. The van der Waals surface area contributed by atoms with Gasteiger partial charge in [-0.3, -0.25) is 9.78 Å². The summed E-state index contributed by atoms with van der Waals surface area (Å²) >= 11 is 0. The zero-order valence-corrected chi connectivity index (χ0v) is 12.4. The van der Waals surface area contributed by atoms with Crippen LogP contribution < -0.4 is 10.2 Å². The molecule has 1 saturated heterocycles. The Balaban J connectivity index is 1.70. The van der Waals surface area contributed by atoms with Crippen LogP contribution in [-0.2, 0) is 0 Å². The standard InChI is InChI=1S/C15H18N6O/c1-20-6-8-21(9-7-20)14-10-13(17-11-18-14)19-15(22)12-2-4-16-5-3-12/h2-5,10-11H,6-9H2,1H3,(H,17,18,19,22). The van der Waals surface area contributed by atoms with Crippen molar-refractivity contribution in [3.63, 3.8) is 0 Å². The molecule has 3 heterocycles. The maximum Gasteiger partial charge on any atom is 0.256 e. The highest BCUT2D eigenvalue weighted by Gasteiger charge is 2.16. The Morgan fingerprint density at radius 2 is 1.86 bits per heavy atom. The molecule has 1 N–H and O–H groups in total. The van der Waals surface area contributed by atoms with E-state index in [1.54, 1.807) is 24.5 Å². The van der Waals surface area contributed by atoms with E-state index in [0.717, 1.165) is 32.0 Å². The molecule has 0 unspecified atom stereocenters. The summed E-state index contributed by atoms with van der Waals surface area (Å²) in [5, 5.41) is 2.79. The highest BCUT2D eigenvalue weighted by Crippen LogP contribution is 2.16. The Morgan fingerprint density at radius 1 is 1.14 bits per heavy atom. The molecule has 0 radical (unpaired) electrons. The van der Waals surface area contributed by atoms with Crippen LogP contribution in [0.4, 0.5) is 11.6 Å². The molecule has 1 aliphatic rings. The third-order valence-corrected chi connectivity index (χ3v) is 3.66. The normalized spacial score (nSPS) is 15.6. The van der Waals surface area contributed by atoms with Gasteiger partial charge in [0, 0.05) is 50.2 Å². The summed E-state index contributed by atoms with van der Waals surface area (Å²) < 4.78 is 0. The molecule has 2 aromatic heterocycles. The quantitative estimate of drug-likeness (QED) is 0.906. The van der Waals surface area contributed by atoms with Crippen molar-refractivity contribution in [3.05, 3.63) is 42.5 Å². The lowest BCUT2D eigenvalue weighted by Gasteiger charge is -2.33. The number of carbonyl (C=O) groups is 1. The number of piperazine rings is 1. The third-order valence-electron chi connectivity index (χ3n) is 3.66. The molecule has 0 spiro atoms. The molecule has 22 heavy (non-hydrogen) atoms. The first-order chi connectivity index (χ1) is 10.7. The number of anilines is 2. The van der Waals surface area contributed by atoms with Crippen molar-refractivity contribution in [1.29, 1.82) is 0 Å². The predicted octanol–water partition coefficient (Wildman–Crippen LogP) is 0.876. The molecular weight excluding hydrogens is 280 g/mol. The fraction of sp³-hybridized carbons (Fsp3) is 0.333. The van der Waals surface area contributed by atoms with E-state index < -0.39 is 0 Å². The largest absolute Gasteiger partial charge is 0.354 e. The van der Waals surface area contributed by atoms with Crippen LogP contribution in [0.15, 0.2) is 36.9 Å². The Hall–Kier alpha value is -2.54. The number of aromatic nitrogens is 3. The van der Waals surface area contributed by atoms with E-state index in [-0.39, 0.29) is 5.91 Å². The number of carbonyl (C=O) groups excluding carboxylic acids is 1. The second kappa shape index (κ2) is 6.48. The van der Waals surface area contributed by atoms with Gasteiger partial charge in [0.05, 0.1) is 0 Å². The number of hydrogen-bond donors (Lipinski definition) is 1. The first kappa shape index (κ1) is 14.4. The molecule has 0 saturated carbocycles. The lowest BCUT2D eigenvalue weighted by Crippen LogP contribution is -2.44. The molecule has 0 bridgehead atoms. The number of rotatable bonds is 3. The van der Waals surface area contributed by atoms with Gasteiger partial charge in [0.15, 0.2) is 0 Å². The zero-order chi connectivity index (χ0) is 15.4. The Kier molecular flexibility index (Phi) is 4.24. The van der Waals surface area contributed by atoms with Crippen LogP contribution in [0.1, 0.15) is 10.4 Å². The van der Waals surface area contributed by atoms with Gasteiger partial charge in [-0.2, -0.15) is 0 Å². The van der Waals surface area contributed by atoms with Crippen LogP contribution in [-0.4, -0.2) is 59.0 Å². The lowest BCUT2D eigenvalue weighted by molar-refractivity contribution is 0.102. The van der Waals surface area contributed by atoms with Crippen LogP contribution in [0.2, 0.25) is 0 Å². The van der Waals surface area contributed by atoms with E-state index in [1.165, 1.54) is 6.33 Å². The van der Waals surface area contributed by atoms with Crippen molar-refractivity contribution in [2.75, 3.05) is 43.4 Å². The second-order valence-corrected chi connectivity index (χ2v) is 5.24. The van der Waals surface area contributed by atoms with Crippen molar-refractivity contribution >= 4 is 17.5 Å². The summed E-state index contributed by atoms with van der Waals surface area (Å²) in [5.74, 6) is 1.14. The second-order valence-electron chi connectivity index (χ2n) is 5.24. The smallest absolute Gasteiger partial charge is 0.256 e. The van der Waals surface area contributed by atoms with Crippen LogP contribution >= 0.6 is 0 Å². The van der Waals surface area contributed by atoms with Gasteiger partial charge in [-0.25, -0.2) is 9.97 Å². The van der Waals surface area contributed by atoms with E-state index in [9.17, 15) is 4.79 Å². The fourth-order valence-corrected chi connectivity index (χ4v) is 2.32. The van der Waals surface area contributed by atoms with E-state index in [4.69, 9.17) is 0 Å². The number of amides is 1. The molecule has 1 fully saturated rings. The Bertz CT molecular complexity index is 639. The first-order valence-electron chi connectivity index (χ1n) is 7.19. The van der Waals surface area contributed by atoms with Crippen molar-refractivity contribution in [3.8, 4) is 0 Å². The number of likely N-dealkylation sites (N-methyl/N-ethyl adjacent to an activating group) is 1.